The minimum atomic E-state index is -5.40. The van der Waals surface area contributed by atoms with Gasteiger partial charge in [-0.3, -0.25) is 14.9 Å². The van der Waals surface area contributed by atoms with Crippen LogP contribution in [0, 0.1) is 10.1 Å². The van der Waals surface area contributed by atoms with Gasteiger partial charge in [0.15, 0.2) is 0 Å². The summed E-state index contributed by atoms with van der Waals surface area (Å²) in [6, 6.07) is 3.97. The van der Waals surface area contributed by atoms with Crippen LogP contribution in [0.3, 0.4) is 0 Å². The quantitative estimate of drug-likeness (QED) is 0.165. The fraction of sp³-hybridized carbons (Fsp3) is 0.188. The Bertz CT molecular complexity index is 1050. The van der Waals surface area contributed by atoms with Gasteiger partial charge in [0.1, 0.15) is 5.69 Å². The number of anilines is 2. The molecule has 2 aromatic rings. The number of nitrogens with two attached hydrogens (primary N) is 1. The van der Waals surface area contributed by atoms with Gasteiger partial charge < -0.3 is 11.1 Å². The third-order valence-electron chi connectivity index (χ3n) is 3.39. The number of benzene rings is 2. The number of amides is 1. The number of alkyl halides is 9. The van der Waals surface area contributed by atoms with Crippen LogP contribution in [0.1, 0.15) is 11.1 Å². The molecule has 17 heteroatoms. The number of halogens is 11. The standard InChI is InChI=1S/C9H3BrF6N2O3.C7H5BrF3N/c10-4-2-6(18(20)21)5(1-3(4)8(11,12)13)17-7(19)9(14,15)16;8-6-2-1-4(12)3-5(6)7(9,10)11/h1-2H,(H,17,19);1-3H,12H2. The van der Waals surface area contributed by atoms with E-state index in [9.17, 15) is 54.4 Å². The Morgan fingerprint density at radius 1 is 0.879 bits per heavy atom. The lowest BCUT2D eigenvalue weighted by Crippen LogP contribution is -2.30. The van der Waals surface area contributed by atoms with Crippen molar-refractivity contribution in [2.24, 2.45) is 0 Å². The molecule has 0 aliphatic heterocycles. The van der Waals surface area contributed by atoms with Gasteiger partial charge in [0.2, 0.25) is 0 Å². The second-order valence-electron chi connectivity index (χ2n) is 5.79. The largest absolute Gasteiger partial charge is 0.471 e. The Morgan fingerprint density at radius 3 is 1.76 bits per heavy atom. The summed E-state index contributed by atoms with van der Waals surface area (Å²) in [6.45, 7) is 0. The van der Waals surface area contributed by atoms with Gasteiger partial charge in [-0.1, -0.05) is 15.9 Å². The van der Waals surface area contributed by atoms with Crippen LogP contribution in [0.15, 0.2) is 39.3 Å². The van der Waals surface area contributed by atoms with Crippen molar-refractivity contribution in [1.82, 2.24) is 0 Å². The average molecular weight is 621 g/mol. The fourth-order valence-electron chi connectivity index (χ4n) is 1.98. The maximum absolute atomic E-state index is 12.6. The summed E-state index contributed by atoms with van der Waals surface area (Å²) in [6.07, 6.45) is -14.7. The van der Waals surface area contributed by atoms with Crippen LogP contribution in [0.5, 0.6) is 0 Å². The molecule has 0 aliphatic rings. The number of nitro groups is 1. The number of hydrogen-bond donors (Lipinski definition) is 2. The maximum atomic E-state index is 12.6. The third-order valence-corrected chi connectivity index (χ3v) is 4.74. The number of rotatable bonds is 2. The monoisotopic (exact) mass is 619 g/mol. The number of carbonyl (C=O) groups excluding carboxylic acids is 1. The Kier molecular flexibility index (Phi) is 8.76. The van der Waals surface area contributed by atoms with Crippen molar-refractivity contribution >= 4 is 54.8 Å². The maximum Gasteiger partial charge on any atom is 0.471 e. The molecule has 2 rings (SSSR count). The normalized spacial score (nSPS) is 12.0. The zero-order valence-electron chi connectivity index (χ0n) is 15.3. The summed E-state index contributed by atoms with van der Waals surface area (Å²) >= 11 is 5.22. The van der Waals surface area contributed by atoms with Gasteiger partial charge in [0.25, 0.3) is 5.69 Å². The molecule has 0 fully saturated rings. The molecule has 2 aromatic carbocycles. The summed E-state index contributed by atoms with van der Waals surface area (Å²) in [4.78, 5) is 20.1. The highest BCUT2D eigenvalue weighted by Gasteiger charge is 2.41. The molecule has 33 heavy (non-hydrogen) atoms. The van der Waals surface area contributed by atoms with E-state index < -0.39 is 56.3 Å². The number of carbonyl (C=O) groups is 1. The molecule has 6 nitrogen and oxygen atoms in total. The van der Waals surface area contributed by atoms with Gasteiger partial charge in [0.05, 0.1) is 16.1 Å². The Hall–Kier alpha value is -2.56. The van der Waals surface area contributed by atoms with E-state index >= 15 is 0 Å². The van der Waals surface area contributed by atoms with E-state index in [-0.39, 0.29) is 16.2 Å². The summed E-state index contributed by atoms with van der Waals surface area (Å²) in [5.74, 6) is -2.62. The van der Waals surface area contributed by atoms with Gasteiger partial charge in [-0.05, 0) is 40.2 Å². The molecule has 0 radical (unpaired) electrons. The number of hydrogen-bond acceptors (Lipinski definition) is 4. The number of nitrogen functional groups attached to an aromatic ring is 1. The van der Waals surface area contributed by atoms with Crippen molar-refractivity contribution in [3.63, 3.8) is 0 Å². The average Bonchev–Trinajstić information content (AvgIpc) is 2.62. The molecule has 0 saturated heterocycles. The van der Waals surface area contributed by atoms with Crippen LogP contribution in [-0.4, -0.2) is 17.0 Å². The first-order chi connectivity index (χ1) is 14.7. The first-order valence-corrected chi connectivity index (χ1v) is 9.39. The smallest absolute Gasteiger partial charge is 0.399 e. The molecule has 0 aromatic heterocycles. The molecule has 1 amide bonds. The van der Waals surface area contributed by atoms with Gasteiger partial charge in [-0.2, -0.15) is 39.5 Å². The van der Waals surface area contributed by atoms with Crippen LogP contribution in [0.4, 0.5) is 56.6 Å². The minimum Gasteiger partial charge on any atom is -0.399 e. The molecule has 0 bridgehead atoms. The third kappa shape index (κ3) is 8.06. The Morgan fingerprint density at radius 2 is 1.36 bits per heavy atom. The number of nitrogens with zero attached hydrogens (tertiary/aromatic N) is 1. The highest BCUT2D eigenvalue weighted by Crippen LogP contribution is 2.40. The number of nitro benzene ring substituents is 1. The second-order valence-corrected chi connectivity index (χ2v) is 7.50. The van der Waals surface area contributed by atoms with Crippen LogP contribution in [0.25, 0.3) is 0 Å². The van der Waals surface area contributed by atoms with Crippen molar-refractivity contribution in [2.75, 3.05) is 11.1 Å². The van der Waals surface area contributed by atoms with Crippen molar-refractivity contribution in [2.45, 2.75) is 18.5 Å². The van der Waals surface area contributed by atoms with Gasteiger partial charge >= 0.3 is 24.4 Å². The molecular formula is C16H8Br2F9N3O3. The topological polar surface area (TPSA) is 98.3 Å². The summed E-state index contributed by atoms with van der Waals surface area (Å²) in [7, 11) is 0. The van der Waals surface area contributed by atoms with Crippen LogP contribution >= 0.6 is 31.9 Å². The number of nitrogens with one attached hydrogen (secondary N) is 1. The summed E-state index contributed by atoms with van der Waals surface area (Å²) < 4.78 is 110. The van der Waals surface area contributed by atoms with Gasteiger partial charge in [-0.25, -0.2) is 0 Å². The first-order valence-electron chi connectivity index (χ1n) is 7.80. The van der Waals surface area contributed by atoms with E-state index in [1.807, 2.05) is 0 Å². The van der Waals surface area contributed by atoms with Crippen molar-refractivity contribution < 1.29 is 49.2 Å². The van der Waals surface area contributed by atoms with Crippen molar-refractivity contribution in [1.29, 1.82) is 0 Å². The van der Waals surface area contributed by atoms with Crippen LogP contribution in [-0.2, 0) is 17.1 Å². The van der Waals surface area contributed by atoms with E-state index in [2.05, 4.69) is 31.9 Å². The molecular weight excluding hydrogens is 613 g/mol. The van der Waals surface area contributed by atoms with E-state index in [1.165, 1.54) is 12.1 Å². The zero-order chi connectivity index (χ0) is 25.9. The minimum absolute atomic E-state index is 0.00389. The van der Waals surface area contributed by atoms with E-state index in [4.69, 9.17) is 5.73 Å². The van der Waals surface area contributed by atoms with Crippen molar-refractivity contribution in [3.05, 3.63) is 60.5 Å². The molecule has 0 aliphatic carbocycles. The summed E-state index contributed by atoms with van der Waals surface area (Å²) in [5.41, 5.74) is 0.763. The van der Waals surface area contributed by atoms with Crippen molar-refractivity contribution in [3.8, 4) is 0 Å². The lowest BCUT2D eigenvalue weighted by molar-refractivity contribution is -0.384. The van der Waals surface area contributed by atoms with Gasteiger partial charge in [0, 0.05) is 20.7 Å². The zero-order valence-corrected chi connectivity index (χ0v) is 18.5. The Balaban J connectivity index is 0.000000383. The molecule has 3 N–H and O–H groups in total. The second kappa shape index (κ2) is 10.1. The first kappa shape index (κ1) is 28.5. The highest BCUT2D eigenvalue weighted by molar-refractivity contribution is 9.10. The van der Waals surface area contributed by atoms with Crippen LogP contribution < -0.4 is 11.1 Å². The van der Waals surface area contributed by atoms with Crippen LogP contribution in [0.2, 0.25) is 0 Å². The SMILES string of the molecule is Nc1ccc(Br)c(C(F)(F)F)c1.O=C(Nc1cc(C(F)(F)F)c(Br)cc1[N+](=O)[O-])C(F)(F)F. The Labute approximate surface area is 194 Å². The highest BCUT2D eigenvalue weighted by atomic mass is 79.9. The molecule has 0 spiro atoms. The predicted octanol–water partition coefficient (Wildman–Crippen LogP) is 6.93. The van der Waals surface area contributed by atoms with E-state index in [1.54, 1.807) is 0 Å². The molecule has 0 unspecified atom stereocenters. The summed E-state index contributed by atoms with van der Waals surface area (Å²) in [5, 5.41) is 11.7. The van der Waals surface area contributed by atoms with E-state index in [0.717, 1.165) is 11.4 Å². The molecule has 0 saturated carbocycles. The predicted molar refractivity (Wildman–Crippen MR) is 104 cm³/mol. The van der Waals surface area contributed by atoms with E-state index in [0.29, 0.717) is 6.07 Å². The fourth-order valence-corrected chi connectivity index (χ4v) is 3.01. The lowest BCUT2D eigenvalue weighted by atomic mass is 10.1. The molecule has 0 heterocycles. The molecule has 0 atom stereocenters. The molecule has 182 valence electrons. The lowest BCUT2D eigenvalue weighted by Gasteiger charge is -2.13. The van der Waals surface area contributed by atoms with Gasteiger partial charge in [-0.15, -0.1) is 0 Å².